The van der Waals surface area contributed by atoms with E-state index in [-0.39, 0.29) is 17.3 Å². The molecule has 4 heterocycles. The van der Waals surface area contributed by atoms with Crippen LogP contribution in [-0.2, 0) is 9.53 Å². The third-order valence-electron chi connectivity index (χ3n) is 8.11. The van der Waals surface area contributed by atoms with Crippen molar-refractivity contribution in [2.45, 2.75) is 26.7 Å². The summed E-state index contributed by atoms with van der Waals surface area (Å²) >= 11 is 1.72. The summed E-state index contributed by atoms with van der Waals surface area (Å²) in [6.45, 7) is 8.47. The number of nitrogens with zero attached hydrogens (tertiary/aromatic N) is 2. The zero-order valence-electron chi connectivity index (χ0n) is 24.4. The predicted molar refractivity (Wildman–Crippen MR) is 174 cm³/mol. The summed E-state index contributed by atoms with van der Waals surface area (Å²) in [6.07, 6.45) is 1.98. The van der Waals surface area contributed by atoms with Gasteiger partial charge in [-0.1, -0.05) is 44.2 Å². The summed E-state index contributed by atoms with van der Waals surface area (Å²) in [5.74, 6) is 0.693. The van der Waals surface area contributed by atoms with Crippen LogP contribution in [0.15, 0.2) is 69.9 Å². The highest BCUT2D eigenvalue weighted by atomic mass is 32.1. The van der Waals surface area contributed by atoms with Crippen molar-refractivity contribution in [1.82, 2.24) is 4.90 Å². The number of amides is 1. The molecule has 2 aliphatic rings. The van der Waals surface area contributed by atoms with E-state index < -0.39 is 0 Å². The lowest BCUT2D eigenvalue weighted by Crippen LogP contribution is -2.38. The number of anilines is 2. The Morgan fingerprint density at radius 1 is 0.929 bits per heavy atom. The van der Waals surface area contributed by atoms with E-state index in [1.807, 2.05) is 38.1 Å². The predicted octanol–water partition coefficient (Wildman–Crippen LogP) is 6.97. The first-order valence-electron chi connectivity index (χ1n) is 14.9. The number of para-hydroxylation sites is 1. The summed E-state index contributed by atoms with van der Waals surface area (Å²) in [5.41, 5.74) is 3.31. The molecule has 0 saturated carbocycles. The molecule has 42 heavy (non-hydrogen) atoms. The van der Waals surface area contributed by atoms with Crippen LogP contribution in [0.5, 0.6) is 0 Å². The van der Waals surface area contributed by atoms with Gasteiger partial charge in [0.2, 0.25) is 5.91 Å². The van der Waals surface area contributed by atoms with Gasteiger partial charge in [-0.25, -0.2) is 0 Å². The Balaban J connectivity index is 0.00000155. The van der Waals surface area contributed by atoms with Gasteiger partial charge in [-0.3, -0.25) is 9.59 Å². The number of morpholine rings is 1. The van der Waals surface area contributed by atoms with Crippen LogP contribution in [0.25, 0.3) is 42.3 Å². The van der Waals surface area contributed by atoms with Gasteiger partial charge in [0, 0.05) is 62.7 Å². The molecule has 7 nitrogen and oxygen atoms in total. The number of hydrogen-bond acceptors (Lipinski definition) is 7. The highest BCUT2D eigenvalue weighted by Crippen LogP contribution is 2.42. The number of benzene rings is 3. The zero-order chi connectivity index (χ0) is 29.2. The number of likely N-dealkylation sites (tertiary alicyclic amines) is 1. The third kappa shape index (κ3) is 5.42. The van der Waals surface area contributed by atoms with E-state index in [0.717, 1.165) is 62.9 Å². The number of rotatable bonds is 4. The molecule has 218 valence electrons. The molecular weight excluding hydrogens is 546 g/mol. The average Bonchev–Trinajstić information content (AvgIpc) is 3.40. The van der Waals surface area contributed by atoms with Crippen LogP contribution in [0.4, 0.5) is 11.6 Å². The van der Waals surface area contributed by atoms with Gasteiger partial charge >= 0.3 is 0 Å². The fourth-order valence-electron chi connectivity index (χ4n) is 6.03. The number of nitrogens with one attached hydrogen (secondary N) is 1. The van der Waals surface area contributed by atoms with Gasteiger partial charge in [-0.15, -0.1) is 11.3 Å². The van der Waals surface area contributed by atoms with Crippen molar-refractivity contribution >= 4 is 60.0 Å². The maximum atomic E-state index is 13.1. The molecule has 3 aromatic carbocycles. The number of piperidine rings is 1. The standard InChI is InChI=1S/C32H31N3O4S.C2H6/c1-34-12-4-5-20(19-34)32(37)33-21-10-11-28-26(17-21)24-8-3-7-23(31(24)40-28)22-6-2-9-25-27(36)18-29(39-30(22)25)35-13-15-38-16-14-35;1-2/h2-3,6-11,17-18,20H,4-5,12-16,19H2,1H3,(H,33,37);1-2H3/t20-;/m1./s1. The lowest BCUT2D eigenvalue weighted by molar-refractivity contribution is -0.121. The quantitative estimate of drug-likeness (QED) is 0.246. The SMILES string of the molecule is CC.CN1CCC[C@@H](C(=O)Nc2ccc3sc4c(-c5cccc6c(=O)cc(N7CCOCC7)oc56)cccc4c3c2)C1. The van der Waals surface area contributed by atoms with Gasteiger partial charge in [0.15, 0.2) is 11.3 Å². The van der Waals surface area contributed by atoms with Gasteiger partial charge in [0.05, 0.1) is 24.5 Å². The highest BCUT2D eigenvalue weighted by molar-refractivity contribution is 7.26. The molecule has 0 aliphatic carbocycles. The van der Waals surface area contributed by atoms with Crippen molar-refractivity contribution in [3.05, 3.63) is 70.9 Å². The molecule has 0 bridgehead atoms. The van der Waals surface area contributed by atoms with Crippen molar-refractivity contribution in [3.8, 4) is 11.1 Å². The molecular formula is C34H37N3O4S. The monoisotopic (exact) mass is 583 g/mol. The minimum atomic E-state index is -0.0438. The molecule has 0 radical (unpaired) electrons. The van der Waals surface area contributed by atoms with Crippen LogP contribution in [0.3, 0.4) is 0 Å². The van der Waals surface area contributed by atoms with Gasteiger partial charge in [-0.2, -0.15) is 0 Å². The van der Waals surface area contributed by atoms with Crippen molar-refractivity contribution in [1.29, 1.82) is 0 Å². The second-order valence-electron chi connectivity index (χ2n) is 10.8. The Morgan fingerprint density at radius 2 is 1.69 bits per heavy atom. The zero-order valence-corrected chi connectivity index (χ0v) is 25.3. The van der Waals surface area contributed by atoms with E-state index in [2.05, 4.69) is 52.5 Å². The van der Waals surface area contributed by atoms with Crippen LogP contribution in [0.1, 0.15) is 26.7 Å². The third-order valence-corrected chi connectivity index (χ3v) is 9.33. The Bertz CT molecular complexity index is 1800. The van der Waals surface area contributed by atoms with Crippen molar-refractivity contribution in [3.63, 3.8) is 0 Å². The number of fused-ring (bicyclic) bond motifs is 4. The van der Waals surface area contributed by atoms with E-state index in [4.69, 9.17) is 9.15 Å². The largest absolute Gasteiger partial charge is 0.440 e. The Labute approximate surface area is 249 Å². The summed E-state index contributed by atoms with van der Waals surface area (Å²) in [5, 5.41) is 5.97. The molecule has 2 aliphatic heterocycles. The molecule has 2 fully saturated rings. The Kier molecular flexibility index (Phi) is 8.29. The number of carbonyl (C=O) groups is 1. The molecule has 2 saturated heterocycles. The van der Waals surface area contributed by atoms with Crippen LogP contribution < -0.4 is 15.6 Å². The van der Waals surface area contributed by atoms with Crippen LogP contribution >= 0.6 is 11.3 Å². The van der Waals surface area contributed by atoms with E-state index in [1.165, 1.54) is 0 Å². The van der Waals surface area contributed by atoms with Gasteiger partial charge in [-0.05, 0) is 50.7 Å². The average molecular weight is 584 g/mol. The van der Waals surface area contributed by atoms with E-state index in [1.54, 1.807) is 17.4 Å². The minimum absolute atomic E-state index is 0.0173. The second-order valence-corrected chi connectivity index (χ2v) is 11.9. The first kappa shape index (κ1) is 28.4. The molecule has 0 spiro atoms. The fourth-order valence-corrected chi connectivity index (χ4v) is 7.24. The molecule has 5 aromatic rings. The Morgan fingerprint density at radius 3 is 2.48 bits per heavy atom. The normalized spacial score (nSPS) is 17.8. The molecule has 1 amide bonds. The summed E-state index contributed by atoms with van der Waals surface area (Å²) < 4.78 is 14.2. The summed E-state index contributed by atoms with van der Waals surface area (Å²) in [7, 11) is 2.07. The van der Waals surface area contributed by atoms with Crippen LogP contribution in [-0.4, -0.2) is 57.2 Å². The van der Waals surface area contributed by atoms with Crippen LogP contribution in [0.2, 0.25) is 0 Å². The number of carbonyl (C=O) groups excluding carboxylic acids is 1. The van der Waals surface area contributed by atoms with Crippen molar-refractivity contribution < 1.29 is 13.9 Å². The molecule has 1 atom stereocenters. The topological polar surface area (TPSA) is 75.0 Å². The highest BCUT2D eigenvalue weighted by Gasteiger charge is 2.24. The summed E-state index contributed by atoms with van der Waals surface area (Å²) in [4.78, 5) is 30.4. The molecule has 8 heteroatoms. The van der Waals surface area contributed by atoms with Crippen LogP contribution in [0, 0.1) is 5.92 Å². The van der Waals surface area contributed by atoms with E-state index in [9.17, 15) is 9.59 Å². The van der Waals surface area contributed by atoms with Gasteiger partial charge in [0.1, 0.15) is 5.58 Å². The molecule has 0 unspecified atom stereocenters. The lowest BCUT2D eigenvalue weighted by atomic mass is 9.97. The maximum Gasteiger partial charge on any atom is 0.228 e. The number of thiophene rings is 1. The molecule has 1 N–H and O–H groups in total. The number of hydrogen-bond donors (Lipinski definition) is 1. The maximum absolute atomic E-state index is 13.1. The smallest absolute Gasteiger partial charge is 0.228 e. The van der Waals surface area contributed by atoms with Gasteiger partial charge in [0.25, 0.3) is 0 Å². The van der Waals surface area contributed by atoms with E-state index >= 15 is 0 Å². The fraction of sp³-hybridized carbons (Fsp3) is 0.353. The second kappa shape index (κ2) is 12.3. The molecule has 2 aromatic heterocycles. The lowest BCUT2D eigenvalue weighted by Gasteiger charge is -2.28. The van der Waals surface area contributed by atoms with Gasteiger partial charge < -0.3 is 24.3 Å². The Hall–Kier alpha value is -3.72. The first-order valence-corrected chi connectivity index (χ1v) is 15.7. The van der Waals surface area contributed by atoms with Crippen molar-refractivity contribution in [2.75, 3.05) is 56.7 Å². The minimum Gasteiger partial charge on any atom is -0.440 e. The van der Waals surface area contributed by atoms with E-state index in [0.29, 0.717) is 43.2 Å². The van der Waals surface area contributed by atoms with Crippen molar-refractivity contribution in [2.24, 2.45) is 5.92 Å². The molecule has 7 rings (SSSR count). The number of ether oxygens (including phenoxy) is 1. The first-order chi connectivity index (χ1) is 20.5. The summed E-state index contributed by atoms with van der Waals surface area (Å²) in [6, 6.07) is 19.8.